The standard InChI is InChI=1S/C21H14N2O3/c24-20(16-8-10-17(11-9-16)21(25)26)23-19-6-3-4-15(14-19)7-12-18-5-1-2-13-22-18/h1-6,8-11,13-14H,(H,23,24)(H,25,26). The van der Waals surface area contributed by atoms with Crippen LogP contribution in [0.1, 0.15) is 32.0 Å². The number of hydrogen-bond acceptors (Lipinski definition) is 3. The Morgan fingerprint density at radius 2 is 1.65 bits per heavy atom. The van der Waals surface area contributed by atoms with Crippen molar-refractivity contribution in [2.24, 2.45) is 0 Å². The maximum Gasteiger partial charge on any atom is 0.335 e. The molecule has 0 aliphatic carbocycles. The number of anilines is 1. The minimum atomic E-state index is -1.03. The van der Waals surface area contributed by atoms with Gasteiger partial charge in [-0.05, 0) is 60.5 Å². The first-order valence-electron chi connectivity index (χ1n) is 7.80. The van der Waals surface area contributed by atoms with Crippen LogP contribution in [0, 0.1) is 11.8 Å². The van der Waals surface area contributed by atoms with Crippen LogP contribution in [-0.2, 0) is 0 Å². The van der Waals surface area contributed by atoms with Crippen molar-refractivity contribution in [1.82, 2.24) is 4.98 Å². The van der Waals surface area contributed by atoms with Gasteiger partial charge in [-0.2, -0.15) is 0 Å². The molecule has 0 fully saturated rings. The van der Waals surface area contributed by atoms with E-state index in [2.05, 4.69) is 22.1 Å². The van der Waals surface area contributed by atoms with Crippen molar-refractivity contribution >= 4 is 17.6 Å². The van der Waals surface area contributed by atoms with Gasteiger partial charge in [-0.1, -0.05) is 18.1 Å². The third-order valence-electron chi connectivity index (χ3n) is 3.51. The number of nitrogens with one attached hydrogen (secondary N) is 1. The predicted octanol–water partition coefficient (Wildman–Crippen LogP) is 3.43. The number of carbonyl (C=O) groups excluding carboxylic acids is 1. The molecule has 26 heavy (non-hydrogen) atoms. The Kier molecular flexibility index (Phi) is 5.06. The molecule has 0 unspecified atom stereocenters. The van der Waals surface area contributed by atoms with Crippen molar-refractivity contribution in [2.75, 3.05) is 5.32 Å². The van der Waals surface area contributed by atoms with Gasteiger partial charge in [0.15, 0.2) is 0 Å². The van der Waals surface area contributed by atoms with Crippen LogP contribution in [-0.4, -0.2) is 22.0 Å². The Bertz CT molecular complexity index is 1000. The summed E-state index contributed by atoms with van der Waals surface area (Å²) in [6.07, 6.45) is 1.68. The number of aromatic nitrogens is 1. The zero-order valence-electron chi connectivity index (χ0n) is 13.6. The topological polar surface area (TPSA) is 79.3 Å². The van der Waals surface area contributed by atoms with E-state index in [-0.39, 0.29) is 11.5 Å². The molecular formula is C21H14N2O3. The molecule has 126 valence electrons. The Morgan fingerprint density at radius 3 is 2.35 bits per heavy atom. The van der Waals surface area contributed by atoms with Gasteiger partial charge in [0.05, 0.1) is 5.56 Å². The van der Waals surface area contributed by atoms with Crippen LogP contribution >= 0.6 is 0 Å². The minimum absolute atomic E-state index is 0.133. The number of carbonyl (C=O) groups is 2. The summed E-state index contributed by atoms with van der Waals surface area (Å²) < 4.78 is 0. The van der Waals surface area contributed by atoms with E-state index in [1.54, 1.807) is 24.4 Å². The highest BCUT2D eigenvalue weighted by Gasteiger charge is 2.08. The molecule has 0 bridgehead atoms. The first kappa shape index (κ1) is 16.9. The SMILES string of the molecule is O=C(O)c1ccc(C(=O)Nc2cccc(C#Cc3ccccn3)c2)cc1. The van der Waals surface area contributed by atoms with Gasteiger partial charge in [-0.3, -0.25) is 4.79 Å². The summed E-state index contributed by atoms with van der Waals surface area (Å²) in [5.74, 6) is 4.61. The lowest BCUT2D eigenvalue weighted by Gasteiger charge is -2.06. The molecule has 0 radical (unpaired) electrons. The first-order chi connectivity index (χ1) is 12.6. The van der Waals surface area contributed by atoms with Gasteiger partial charge in [0.25, 0.3) is 5.91 Å². The molecule has 0 spiro atoms. The second kappa shape index (κ2) is 7.77. The van der Waals surface area contributed by atoms with Crippen molar-refractivity contribution < 1.29 is 14.7 Å². The fourth-order valence-electron chi connectivity index (χ4n) is 2.22. The van der Waals surface area contributed by atoms with Crippen LogP contribution in [0.3, 0.4) is 0 Å². The number of hydrogen-bond donors (Lipinski definition) is 2. The average molecular weight is 342 g/mol. The summed E-state index contributed by atoms with van der Waals surface area (Å²) in [5.41, 5.74) is 2.52. The van der Waals surface area contributed by atoms with Gasteiger partial charge in [-0.15, -0.1) is 0 Å². The number of aromatic carboxylic acids is 1. The van der Waals surface area contributed by atoms with E-state index in [9.17, 15) is 9.59 Å². The van der Waals surface area contributed by atoms with Gasteiger partial charge in [0, 0.05) is 23.0 Å². The van der Waals surface area contributed by atoms with Crippen LogP contribution in [0.2, 0.25) is 0 Å². The molecule has 1 heterocycles. The molecule has 0 aliphatic rings. The third-order valence-corrected chi connectivity index (χ3v) is 3.51. The van der Waals surface area contributed by atoms with E-state index in [4.69, 9.17) is 5.11 Å². The number of rotatable bonds is 3. The largest absolute Gasteiger partial charge is 0.478 e. The number of nitrogens with zero attached hydrogens (tertiary/aromatic N) is 1. The van der Waals surface area contributed by atoms with Crippen molar-refractivity contribution in [3.8, 4) is 11.8 Å². The number of carboxylic acids is 1. The number of carboxylic acid groups (broad SMARTS) is 1. The molecule has 1 amide bonds. The van der Waals surface area contributed by atoms with Crippen LogP contribution in [0.25, 0.3) is 0 Å². The summed E-state index contributed by atoms with van der Waals surface area (Å²) >= 11 is 0. The Labute approximate surface area is 150 Å². The van der Waals surface area contributed by atoms with Crippen LogP contribution < -0.4 is 5.32 Å². The zero-order chi connectivity index (χ0) is 18.4. The highest BCUT2D eigenvalue weighted by atomic mass is 16.4. The maximum absolute atomic E-state index is 12.3. The molecular weight excluding hydrogens is 328 g/mol. The van der Waals surface area contributed by atoms with E-state index in [0.717, 1.165) is 5.56 Å². The first-order valence-corrected chi connectivity index (χ1v) is 7.80. The van der Waals surface area contributed by atoms with E-state index in [1.807, 2.05) is 24.3 Å². The normalized spacial score (nSPS) is 9.69. The lowest BCUT2D eigenvalue weighted by Crippen LogP contribution is -2.12. The quantitative estimate of drug-likeness (QED) is 0.715. The lowest BCUT2D eigenvalue weighted by atomic mass is 10.1. The molecule has 0 aliphatic heterocycles. The second-order valence-corrected chi connectivity index (χ2v) is 5.38. The van der Waals surface area contributed by atoms with Crippen molar-refractivity contribution in [1.29, 1.82) is 0 Å². The molecule has 1 aromatic heterocycles. The fourth-order valence-corrected chi connectivity index (χ4v) is 2.22. The summed E-state index contributed by atoms with van der Waals surface area (Å²) in [6, 6.07) is 18.4. The van der Waals surface area contributed by atoms with Crippen molar-refractivity contribution in [3.63, 3.8) is 0 Å². The van der Waals surface area contributed by atoms with E-state index >= 15 is 0 Å². The fraction of sp³-hybridized carbons (Fsp3) is 0. The molecule has 3 rings (SSSR count). The van der Waals surface area contributed by atoms with Crippen LogP contribution in [0.5, 0.6) is 0 Å². The third kappa shape index (κ3) is 4.34. The predicted molar refractivity (Wildman–Crippen MR) is 98.0 cm³/mol. The average Bonchev–Trinajstić information content (AvgIpc) is 2.67. The van der Waals surface area contributed by atoms with Gasteiger partial charge >= 0.3 is 5.97 Å². The molecule has 0 saturated heterocycles. The van der Waals surface area contributed by atoms with Crippen LogP contribution in [0.15, 0.2) is 72.9 Å². The van der Waals surface area contributed by atoms with Gasteiger partial charge in [-0.25, -0.2) is 9.78 Å². The molecule has 0 atom stereocenters. The Morgan fingerprint density at radius 1 is 0.885 bits per heavy atom. The minimum Gasteiger partial charge on any atom is -0.478 e. The van der Waals surface area contributed by atoms with E-state index < -0.39 is 5.97 Å². The Hall–Kier alpha value is -3.91. The highest BCUT2D eigenvalue weighted by molar-refractivity contribution is 6.04. The Balaban J connectivity index is 1.73. The van der Waals surface area contributed by atoms with Crippen LogP contribution in [0.4, 0.5) is 5.69 Å². The molecule has 5 heteroatoms. The lowest BCUT2D eigenvalue weighted by molar-refractivity contribution is 0.0696. The molecule has 5 nitrogen and oxygen atoms in total. The molecule has 2 N–H and O–H groups in total. The smallest absolute Gasteiger partial charge is 0.335 e. The van der Waals surface area contributed by atoms with Gasteiger partial charge < -0.3 is 10.4 Å². The molecule has 3 aromatic rings. The summed E-state index contributed by atoms with van der Waals surface area (Å²) in [4.78, 5) is 27.3. The van der Waals surface area contributed by atoms with Crippen molar-refractivity contribution in [3.05, 3.63) is 95.3 Å². The molecule has 2 aromatic carbocycles. The van der Waals surface area contributed by atoms with E-state index in [1.165, 1.54) is 24.3 Å². The van der Waals surface area contributed by atoms with Gasteiger partial charge in [0.1, 0.15) is 5.69 Å². The van der Waals surface area contributed by atoms with Crippen molar-refractivity contribution in [2.45, 2.75) is 0 Å². The number of pyridine rings is 1. The van der Waals surface area contributed by atoms with E-state index in [0.29, 0.717) is 16.9 Å². The highest BCUT2D eigenvalue weighted by Crippen LogP contribution is 2.13. The zero-order valence-corrected chi connectivity index (χ0v) is 13.6. The number of amides is 1. The summed E-state index contributed by atoms with van der Waals surface area (Å²) in [5, 5.41) is 11.7. The maximum atomic E-state index is 12.3. The van der Waals surface area contributed by atoms with Gasteiger partial charge in [0.2, 0.25) is 0 Å². The summed E-state index contributed by atoms with van der Waals surface area (Å²) in [7, 11) is 0. The molecule has 0 saturated carbocycles. The summed E-state index contributed by atoms with van der Waals surface area (Å²) in [6.45, 7) is 0. The monoisotopic (exact) mass is 342 g/mol. The second-order valence-electron chi connectivity index (χ2n) is 5.38. The number of benzene rings is 2.